The molecule has 1 atom stereocenters. The van der Waals surface area contributed by atoms with E-state index in [1.807, 2.05) is 12.1 Å². The van der Waals surface area contributed by atoms with Crippen LogP contribution >= 0.6 is 0 Å². The summed E-state index contributed by atoms with van der Waals surface area (Å²) in [5, 5.41) is 3.43. The molecule has 2 aromatic rings. The lowest BCUT2D eigenvalue weighted by Crippen LogP contribution is -2.18. The van der Waals surface area contributed by atoms with Gasteiger partial charge in [0.15, 0.2) is 5.82 Å². The maximum Gasteiger partial charge on any atom is 0.254 e. The van der Waals surface area contributed by atoms with E-state index in [2.05, 4.69) is 44.1 Å². The topological polar surface area (TPSA) is 76.0 Å². The summed E-state index contributed by atoms with van der Waals surface area (Å²) >= 11 is 0. The van der Waals surface area contributed by atoms with Crippen molar-refractivity contribution in [2.45, 2.75) is 52.0 Å². The van der Waals surface area contributed by atoms with E-state index < -0.39 is 0 Å². The molecule has 2 saturated carbocycles. The quantitative estimate of drug-likeness (QED) is 0.772. The molecule has 2 fully saturated rings. The van der Waals surface area contributed by atoms with E-state index in [4.69, 9.17) is 0 Å². The minimum Gasteiger partial charge on any atom is -0.352 e. The molecule has 6 nitrogen and oxygen atoms in total. The lowest BCUT2D eigenvalue weighted by Gasteiger charge is -2.14. The summed E-state index contributed by atoms with van der Waals surface area (Å²) in [6.45, 7) is 4.25. The second-order valence-corrected chi connectivity index (χ2v) is 7.27. The summed E-state index contributed by atoms with van der Waals surface area (Å²) in [4.78, 5) is 22.4. The third kappa shape index (κ3) is 4.38. The molecular weight excluding hydrogens is 312 g/mol. The van der Waals surface area contributed by atoms with E-state index in [0.29, 0.717) is 29.7 Å². The van der Waals surface area contributed by atoms with Gasteiger partial charge in [-0.25, -0.2) is 4.99 Å². The normalized spacial score (nSPS) is 18.9. The third-order valence-electron chi connectivity index (χ3n) is 4.77. The van der Waals surface area contributed by atoms with Crippen molar-refractivity contribution >= 4 is 17.6 Å². The Bertz CT molecular complexity index is 765. The molecule has 0 unspecified atom stereocenters. The second-order valence-electron chi connectivity index (χ2n) is 7.27. The summed E-state index contributed by atoms with van der Waals surface area (Å²) in [6, 6.07) is 4.17. The van der Waals surface area contributed by atoms with Gasteiger partial charge in [0, 0.05) is 29.7 Å². The van der Waals surface area contributed by atoms with Gasteiger partial charge in [0.05, 0.1) is 0 Å². The van der Waals surface area contributed by atoms with Crippen LogP contribution < -0.4 is 5.32 Å². The van der Waals surface area contributed by atoms with Crippen LogP contribution in [0.15, 0.2) is 29.5 Å². The molecule has 2 aliphatic rings. The highest BCUT2D eigenvalue weighted by Gasteiger charge is 2.25. The largest absolute Gasteiger partial charge is 0.352 e. The highest BCUT2D eigenvalue weighted by atomic mass is 15.2. The fraction of sp³-hybridized carbons (Fsp3) is 0.526. The number of hydrogen-bond donors (Lipinski definition) is 1. The average Bonchev–Trinajstić information content (AvgIpc) is 3.49. The Hall–Kier alpha value is -2.37. The van der Waals surface area contributed by atoms with Crippen molar-refractivity contribution in [1.82, 2.24) is 19.9 Å². The molecule has 130 valence electrons. The van der Waals surface area contributed by atoms with Crippen LogP contribution in [0.2, 0.25) is 0 Å². The summed E-state index contributed by atoms with van der Waals surface area (Å²) in [5.41, 5.74) is 2.04. The van der Waals surface area contributed by atoms with E-state index in [-0.39, 0.29) is 0 Å². The molecule has 0 saturated heterocycles. The number of anilines is 1. The van der Waals surface area contributed by atoms with Gasteiger partial charge in [-0.15, -0.1) is 0 Å². The fourth-order valence-corrected chi connectivity index (χ4v) is 2.99. The molecule has 4 rings (SSSR count). The molecule has 0 spiro atoms. The third-order valence-corrected chi connectivity index (χ3v) is 4.77. The van der Waals surface area contributed by atoms with Crippen molar-refractivity contribution in [3.05, 3.63) is 24.5 Å². The number of hydrogen-bond acceptors (Lipinski definition) is 6. The number of pyridine rings is 1. The molecule has 25 heavy (non-hydrogen) atoms. The summed E-state index contributed by atoms with van der Waals surface area (Å²) in [7, 11) is 0. The number of aliphatic imine (C=N–C) groups is 1. The Morgan fingerprint density at radius 3 is 2.60 bits per heavy atom. The zero-order valence-electron chi connectivity index (χ0n) is 14.8. The Balaban J connectivity index is 1.63. The summed E-state index contributed by atoms with van der Waals surface area (Å²) < 4.78 is 0. The summed E-state index contributed by atoms with van der Waals surface area (Å²) in [5.74, 6) is 3.20. The Kier molecular flexibility index (Phi) is 4.42. The smallest absolute Gasteiger partial charge is 0.254 e. The van der Waals surface area contributed by atoms with Crippen molar-refractivity contribution < 1.29 is 0 Å². The van der Waals surface area contributed by atoms with Gasteiger partial charge in [-0.1, -0.05) is 12.8 Å². The van der Waals surface area contributed by atoms with Gasteiger partial charge in [0.25, 0.3) is 5.95 Å². The Labute approximate surface area is 148 Å². The lowest BCUT2D eigenvalue weighted by molar-refractivity contribution is 0.637. The predicted octanol–water partition coefficient (Wildman–Crippen LogP) is 4.04. The second kappa shape index (κ2) is 6.86. The van der Waals surface area contributed by atoms with Crippen molar-refractivity contribution in [3.8, 4) is 11.4 Å². The Morgan fingerprint density at radius 1 is 1.16 bits per heavy atom. The highest BCUT2D eigenvalue weighted by Crippen LogP contribution is 2.34. The van der Waals surface area contributed by atoms with Crippen LogP contribution in [-0.4, -0.2) is 31.7 Å². The number of aromatic nitrogens is 4. The van der Waals surface area contributed by atoms with Gasteiger partial charge in [0.2, 0.25) is 5.95 Å². The minimum atomic E-state index is 0.349. The zero-order chi connectivity index (χ0) is 17.2. The maximum absolute atomic E-state index is 4.65. The Morgan fingerprint density at radius 2 is 1.92 bits per heavy atom. The molecule has 2 aromatic heterocycles. The van der Waals surface area contributed by atoms with Crippen LogP contribution in [0.4, 0.5) is 11.9 Å². The first kappa shape index (κ1) is 16.1. The van der Waals surface area contributed by atoms with Crippen LogP contribution in [0.25, 0.3) is 11.4 Å². The van der Waals surface area contributed by atoms with Crippen LogP contribution in [0, 0.1) is 11.8 Å². The van der Waals surface area contributed by atoms with Gasteiger partial charge in [0.1, 0.15) is 0 Å². The molecule has 1 N–H and O–H groups in total. The summed E-state index contributed by atoms with van der Waals surface area (Å²) in [6.07, 6.45) is 9.81. The van der Waals surface area contributed by atoms with Gasteiger partial charge in [-0.2, -0.15) is 15.0 Å². The van der Waals surface area contributed by atoms with Crippen LogP contribution in [0.3, 0.4) is 0 Å². The first-order chi connectivity index (χ1) is 12.2. The van der Waals surface area contributed by atoms with Gasteiger partial charge in [-0.05, 0) is 57.1 Å². The predicted molar refractivity (Wildman–Crippen MR) is 99.0 cm³/mol. The van der Waals surface area contributed by atoms with E-state index in [1.54, 1.807) is 12.4 Å². The van der Waals surface area contributed by atoms with E-state index in [9.17, 15) is 0 Å². The molecule has 0 aromatic carbocycles. The minimum absolute atomic E-state index is 0.349. The molecule has 2 aliphatic carbocycles. The van der Waals surface area contributed by atoms with E-state index in [1.165, 1.54) is 25.7 Å². The van der Waals surface area contributed by atoms with Crippen LogP contribution in [0.5, 0.6) is 0 Å². The van der Waals surface area contributed by atoms with Crippen LogP contribution in [0.1, 0.15) is 46.0 Å². The molecule has 0 amide bonds. The highest BCUT2D eigenvalue weighted by molar-refractivity contribution is 5.88. The molecule has 6 heteroatoms. The SMILES string of the molecule is C/C(=N\c1nc(N[C@H](C)CC2CC2)nc(-c2ccncc2)n1)C1CC1. The first-order valence-electron chi connectivity index (χ1n) is 9.15. The van der Waals surface area contributed by atoms with Crippen LogP contribution in [-0.2, 0) is 0 Å². The molecule has 0 aliphatic heterocycles. The molecular formula is C19H24N6. The number of rotatable bonds is 7. The molecule has 0 radical (unpaired) electrons. The number of nitrogens with zero attached hydrogens (tertiary/aromatic N) is 5. The first-order valence-corrected chi connectivity index (χ1v) is 9.15. The number of nitrogens with one attached hydrogen (secondary N) is 1. The van der Waals surface area contributed by atoms with Crippen molar-refractivity contribution in [2.24, 2.45) is 16.8 Å². The van der Waals surface area contributed by atoms with Crippen molar-refractivity contribution in [2.75, 3.05) is 5.32 Å². The monoisotopic (exact) mass is 336 g/mol. The average molecular weight is 336 g/mol. The molecule has 2 heterocycles. The van der Waals surface area contributed by atoms with E-state index in [0.717, 1.165) is 23.6 Å². The van der Waals surface area contributed by atoms with Crippen molar-refractivity contribution in [1.29, 1.82) is 0 Å². The maximum atomic E-state index is 4.65. The zero-order valence-corrected chi connectivity index (χ0v) is 14.8. The fourth-order valence-electron chi connectivity index (χ4n) is 2.99. The van der Waals surface area contributed by atoms with E-state index >= 15 is 0 Å². The molecule has 0 bridgehead atoms. The lowest BCUT2D eigenvalue weighted by atomic mass is 10.2. The van der Waals surface area contributed by atoms with Crippen molar-refractivity contribution in [3.63, 3.8) is 0 Å². The van der Waals surface area contributed by atoms with Gasteiger partial charge >= 0.3 is 0 Å². The standard InChI is InChI=1S/C19H24N6/c1-12(11-14-3-4-14)21-18-23-17(16-7-9-20-10-8-16)24-19(25-18)22-13(2)15-5-6-15/h7-10,12,14-15H,3-6,11H2,1-2H3,(H,21,23,24,25)/b22-13+/t12-/m1/s1. The van der Waals surface area contributed by atoms with Gasteiger partial charge < -0.3 is 5.32 Å². The van der Waals surface area contributed by atoms with Gasteiger partial charge in [-0.3, -0.25) is 4.98 Å².